The number of halogens is 1. The fraction of sp³-hybridized carbons (Fsp3) is 0.714. The van der Waals surface area contributed by atoms with E-state index in [4.69, 9.17) is 10.8 Å². The van der Waals surface area contributed by atoms with E-state index < -0.39 is 5.97 Å². The Morgan fingerprint density at radius 3 is 2.35 bits per heavy atom. The Labute approximate surface area is 126 Å². The molecule has 1 rings (SSSR count). The molecule has 0 radical (unpaired) electrons. The third-order valence-electron chi connectivity index (χ3n) is 3.96. The molecule has 5 nitrogen and oxygen atoms in total. The smallest absolute Gasteiger partial charge is 0.331 e. The number of hydrogen-bond donors (Lipinski definition) is 3. The molecule has 0 aliphatic heterocycles. The molecule has 0 aromatic rings. The Balaban J connectivity index is 0.00000361. The fourth-order valence-electron chi connectivity index (χ4n) is 2.90. The molecule has 0 spiro atoms. The van der Waals surface area contributed by atoms with Crippen molar-refractivity contribution < 1.29 is 14.7 Å². The van der Waals surface area contributed by atoms with Crippen molar-refractivity contribution in [2.24, 2.45) is 17.6 Å². The van der Waals surface area contributed by atoms with Crippen LogP contribution < -0.4 is 11.1 Å². The summed E-state index contributed by atoms with van der Waals surface area (Å²) in [5.41, 5.74) is 6.42. The average molecular weight is 305 g/mol. The molecule has 0 saturated heterocycles. The van der Waals surface area contributed by atoms with Gasteiger partial charge in [0.15, 0.2) is 0 Å². The van der Waals surface area contributed by atoms with Gasteiger partial charge >= 0.3 is 5.97 Å². The van der Waals surface area contributed by atoms with Crippen LogP contribution in [0, 0.1) is 11.8 Å². The van der Waals surface area contributed by atoms with E-state index in [2.05, 4.69) is 19.2 Å². The van der Waals surface area contributed by atoms with E-state index in [1.807, 2.05) is 0 Å². The third-order valence-corrected chi connectivity index (χ3v) is 3.96. The fourth-order valence-corrected chi connectivity index (χ4v) is 2.90. The van der Waals surface area contributed by atoms with Gasteiger partial charge in [-0.25, -0.2) is 4.79 Å². The Hall–Kier alpha value is -1.07. The van der Waals surface area contributed by atoms with Crippen molar-refractivity contribution >= 4 is 24.3 Å². The number of hydrogen-bond acceptors (Lipinski definition) is 3. The number of carboxylic acid groups (broad SMARTS) is 1. The van der Waals surface area contributed by atoms with Gasteiger partial charge in [0.05, 0.1) is 0 Å². The molecule has 4 N–H and O–H groups in total. The first-order valence-corrected chi connectivity index (χ1v) is 6.87. The summed E-state index contributed by atoms with van der Waals surface area (Å²) >= 11 is 0. The second kappa shape index (κ2) is 8.27. The first kappa shape index (κ1) is 18.9. The van der Waals surface area contributed by atoms with Crippen molar-refractivity contribution in [2.45, 2.75) is 52.1 Å². The van der Waals surface area contributed by atoms with Crippen LogP contribution in [0.3, 0.4) is 0 Å². The lowest BCUT2D eigenvalue weighted by Gasteiger charge is -2.32. The highest BCUT2D eigenvalue weighted by Gasteiger charge is 2.36. The number of aliphatic carboxylic acids is 1. The summed E-state index contributed by atoms with van der Waals surface area (Å²) < 4.78 is 0. The van der Waals surface area contributed by atoms with Crippen LogP contribution in [-0.2, 0) is 9.59 Å². The van der Waals surface area contributed by atoms with E-state index in [0.717, 1.165) is 12.8 Å². The molecule has 0 saturated carbocycles. The lowest BCUT2D eigenvalue weighted by molar-refractivity contribution is -0.132. The minimum Gasteiger partial charge on any atom is -0.478 e. The van der Waals surface area contributed by atoms with Gasteiger partial charge in [0.2, 0.25) is 5.91 Å². The third kappa shape index (κ3) is 4.49. The second-order valence-electron chi connectivity index (χ2n) is 5.25. The summed E-state index contributed by atoms with van der Waals surface area (Å²) in [6, 6.07) is -0.317. The van der Waals surface area contributed by atoms with Crippen molar-refractivity contribution in [3.63, 3.8) is 0 Å². The van der Waals surface area contributed by atoms with Crippen molar-refractivity contribution in [3.05, 3.63) is 11.6 Å². The van der Waals surface area contributed by atoms with E-state index in [1.165, 1.54) is 6.92 Å². The van der Waals surface area contributed by atoms with Gasteiger partial charge in [0.1, 0.15) is 0 Å². The van der Waals surface area contributed by atoms with E-state index in [0.29, 0.717) is 17.9 Å². The standard InChI is InChI=1S/C14H24N2O3.ClH/c1-4-9(5-2)13(16-8(3)17)11-6-10(14(18)19)7-12(11)15;/h6,9,11-13H,4-5,7,15H2,1-3H3,(H,16,17)(H,18,19);1H/t11-,12-,13+;/m1./s1. The van der Waals surface area contributed by atoms with Crippen LogP contribution in [0.25, 0.3) is 0 Å². The minimum absolute atomic E-state index is 0. The number of carbonyl (C=O) groups excluding carboxylic acids is 1. The summed E-state index contributed by atoms with van der Waals surface area (Å²) in [7, 11) is 0. The van der Waals surface area contributed by atoms with Gasteiger partial charge in [-0.05, 0) is 12.3 Å². The number of amides is 1. The quantitative estimate of drug-likeness (QED) is 0.696. The predicted octanol–water partition coefficient (Wildman–Crippen LogP) is 1.71. The van der Waals surface area contributed by atoms with Crippen molar-refractivity contribution in [2.75, 3.05) is 0 Å². The molecule has 0 heterocycles. The zero-order chi connectivity index (χ0) is 14.6. The topological polar surface area (TPSA) is 92.4 Å². The van der Waals surface area contributed by atoms with Crippen LogP contribution in [0.15, 0.2) is 11.6 Å². The van der Waals surface area contributed by atoms with E-state index in [9.17, 15) is 9.59 Å². The SMILES string of the molecule is CCC(CC)[C@H](NC(C)=O)[C@@H]1C=C(C(=O)O)C[C@H]1N.Cl. The first-order chi connectivity index (χ1) is 8.90. The van der Waals surface area contributed by atoms with Crippen LogP contribution in [0.1, 0.15) is 40.0 Å². The number of rotatable bonds is 6. The molecule has 0 aromatic heterocycles. The average Bonchev–Trinajstić information content (AvgIpc) is 2.71. The summed E-state index contributed by atoms with van der Waals surface area (Å²) in [4.78, 5) is 22.4. The molecule has 0 unspecified atom stereocenters. The van der Waals surface area contributed by atoms with Gasteiger partial charge in [0, 0.05) is 30.5 Å². The maximum Gasteiger partial charge on any atom is 0.331 e. The minimum atomic E-state index is -0.913. The summed E-state index contributed by atoms with van der Waals surface area (Å²) in [6.07, 6.45) is 3.96. The van der Waals surface area contributed by atoms with Gasteiger partial charge < -0.3 is 16.2 Å². The van der Waals surface area contributed by atoms with Crippen molar-refractivity contribution in [3.8, 4) is 0 Å². The molecule has 1 amide bonds. The Morgan fingerprint density at radius 1 is 1.45 bits per heavy atom. The predicted molar refractivity (Wildman–Crippen MR) is 80.7 cm³/mol. The molecule has 6 heteroatoms. The first-order valence-electron chi connectivity index (χ1n) is 6.87. The molecule has 20 heavy (non-hydrogen) atoms. The molecular weight excluding hydrogens is 280 g/mol. The highest BCUT2D eigenvalue weighted by molar-refractivity contribution is 5.87. The lowest BCUT2D eigenvalue weighted by Crippen LogP contribution is -2.48. The second-order valence-corrected chi connectivity index (χ2v) is 5.25. The molecule has 116 valence electrons. The monoisotopic (exact) mass is 304 g/mol. The maximum absolute atomic E-state index is 11.4. The van der Waals surface area contributed by atoms with Crippen LogP contribution in [-0.4, -0.2) is 29.1 Å². The molecule has 0 aromatic carbocycles. The lowest BCUT2D eigenvalue weighted by atomic mass is 9.82. The van der Waals surface area contributed by atoms with Crippen LogP contribution in [0.5, 0.6) is 0 Å². The molecular formula is C14H25ClN2O3. The van der Waals surface area contributed by atoms with Crippen LogP contribution >= 0.6 is 12.4 Å². The molecule has 0 fully saturated rings. The number of carboxylic acids is 1. The normalized spacial score (nSPS) is 22.9. The Morgan fingerprint density at radius 2 is 2.00 bits per heavy atom. The Bertz CT molecular complexity index is 381. The zero-order valence-electron chi connectivity index (χ0n) is 12.3. The molecule has 1 aliphatic rings. The Kier molecular flexibility index (Phi) is 7.83. The summed E-state index contributed by atoms with van der Waals surface area (Å²) in [6.45, 7) is 5.63. The van der Waals surface area contributed by atoms with Crippen LogP contribution in [0.4, 0.5) is 0 Å². The summed E-state index contributed by atoms with van der Waals surface area (Å²) in [5.74, 6) is -0.797. The number of nitrogens with two attached hydrogens (primary N) is 1. The van der Waals surface area contributed by atoms with Crippen LogP contribution in [0.2, 0.25) is 0 Å². The zero-order valence-corrected chi connectivity index (χ0v) is 13.1. The van der Waals surface area contributed by atoms with E-state index in [1.54, 1.807) is 6.08 Å². The van der Waals surface area contributed by atoms with Gasteiger partial charge in [0.25, 0.3) is 0 Å². The van der Waals surface area contributed by atoms with Gasteiger partial charge in [-0.1, -0.05) is 32.8 Å². The summed E-state index contributed by atoms with van der Waals surface area (Å²) in [5, 5.41) is 12.0. The maximum atomic E-state index is 11.4. The van der Waals surface area contributed by atoms with Gasteiger partial charge in [-0.15, -0.1) is 12.4 Å². The number of carbonyl (C=O) groups is 2. The van der Waals surface area contributed by atoms with E-state index in [-0.39, 0.29) is 36.3 Å². The highest BCUT2D eigenvalue weighted by atomic mass is 35.5. The molecule has 0 bridgehead atoms. The van der Waals surface area contributed by atoms with Gasteiger partial charge in [-0.3, -0.25) is 4.79 Å². The number of nitrogens with one attached hydrogen (secondary N) is 1. The highest BCUT2D eigenvalue weighted by Crippen LogP contribution is 2.31. The molecule has 1 aliphatic carbocycles. The largest absolute Gasteiger partial charge is 0.478 e. The molecule has 3 atom stereocenters. The van der Waals surface area contributed by atoms with Crippen molar-refractivity contribution in [1.29, 1.82) is 0 Å². The van der Waals surface area contributed by atoms with Gasteiger partial charge in [-0.2, -0.15) is 0 Å². The van der Waals surface area contributed by atoms with Crippen molar-refractivity contribution in [1.82, 2.24) is 5.32 Å². The van der Waals surface area contributed by atoms with E-state index >= 15 is 0 Å².